The van der Waals surface area contributed by atoms with Crippen LogP contribution in [0.25, 0.3) is 0 Å². The third-order valence-electron chi connectivity index (χ3n) is 3.49. The van der Waals surface area contributed by atoms with Gasteiger partial charge >= 0.3 is 77.0 Å². The van der Waals surface area contributed by atoms with E-state index in [-0.39, 0.29) is 59.1 Å². The number of carboxylic acids is 3. The van der Waals surface area contributed by atoms with Crippen LogP contribution < -0.4 is 0 Å². The van der Waals surface area contributed by atoms with Crippen LogP contribution in [0, 0.1) is 0 Å². The number of unbranched alkanes of at least 4 members (excludes halogenated alkanes) is 8. The molecule has 0 aliphatic carbocycles. The molecule has 0 aliphatic rings. The van der Waals surface area contributed by atoms with Gasteiger partial charge in [0.15, 0.2) is 5.25 Å². The van der Waals surface area contributed by atoms with Gasteiger partial charge in [-0.15, -0.1) is 0 Å². The first-order valence-electron chi connectivity index (χ1n) is 8.65. The van der Waals surface area contributed by atoms with E-state index in [9.17, 15) is 22.8 Å². The Bertz CT molecular complexity index is 524. The predicted octanol–water partition coefficient (Wildman–Crippen LogP) is 1.50. The summed E-state index contributed by atoms with van der Waals surface area (Å²) in [5.41, 5.74) is 0. The van der Waals surface area contributed by atoms with E-state index in [0.29, 0.717) is 6.42 Å². The van der Waals surface area contributed by atoms with E-state index in [1.165, 1.54) is 44.9 Å². The molecule has 0 bridgehead atoms. The number of aliphatic carboxylic acids is 3. The van der Waals surface area contributed by atoms with Crippen molar-refractivity contribution in [3.05, 3.63) is 0 Å². The number of hydrogen-bond acceptors (Lipinski definition) is 5. The molecule has 0 aromatic rings. The molecule has 12 heteroatoms. The first-order chi connectivity index (χ1) is 12.0. The normalized spacial score (nSPS) is 11.1. The van der Waals surface area contributed by atoms with E-state index < -0.39 is 39.7 Å². The number of carbonyl (C=O) groups is 3. The first kappa shape index (κ1) is 35.7. The van der Waals surface area contributed by atoms with Crippen molar-refractivity contribution in [2.45, 2.75) is 82.8 Å². The second-order valence-electron chi connectivity index (χ2n) is 5.91. The van der Waals surface area contributed by atoms with Crippen molar-refractivity contribution in [1.82, 2.24) is 0 Å². The van der Waals surface area contributed by atoms with Gasteiger partial charge in [-0.05, 0) is 6.42 Å². The molecule has 9 nitrogen and oxygen atoms in total. The third kappa shape index (κ3) is 26.3. The van der Waals surface area contributed by atoms with Crippen LogP contribution in [0.15, 0.2) is 0 Å². The van der Waals surface area contributed by atoms with Gasteiger partial charge in [-0.25, -0.2) is 0 Å². The molecule has 0 saturated heterocycles. The standard InChI is InChI=1S/C12H24O2.C4H6O7S.2Na.2H/c1-2-3-4-5-6-7-8-9-10-11-12(13)14;5-3(6)1-2(4(7)8)12(9,10)11;;;;/h2-11H2,1H3,(H,13,14);2H,1H2,(H,5,6)(H,7,8)(H,9,10,11);;;;. The van der Waals surface area contributed by atoms with Gasteiger partial charge in [0, 0.05) is 6.42 Å². The van der Waals surface area contributed by atoms with E-state index in [1.54, 1.807) is 0 Å². The van der Waals surface area contributed by atoms with Crippen LogP contribution in [-0.2, 0) is 24.5 Å². The van der Waals surface area contributed by atoms with Crippen LogP contribution in [0.3, 0.4) is 0 Å². The van der Waals surface area contributed by atoms with Crippen molar-refractivity contribution in [2.24, 2.45) is 0 Å². The van der Waals surface area contributed by atoms with Crippen LogP contribution in [0.1, 0.15) is 77.6 Å². The number of rotatable bonds is 14. The maximum atomic E-state index is 10.2. The van der Waals surface area contributed by atoms with Gasteiger partial charge in [-0.2, -0.15) is 8.42 Å². The Balaban J connectivity index is -0.000000194. The van der Waals surface area contributed by atoms with Crippen LogP contribution >= 0.6 is 0 Å². The average Bonchev–Trinajstić information content (AvgIpc) is 2.50. The zero-order valence-electron chi connectivity index (χ0n) is 15.1. The van der Waals surface area contributed by atoms with Crippen LogP contribution in [-0.4, -0.2) is 111 Å². The molecule has 1 atom stereocenters. The van der Waals surface area contributed by atoms with Crippen molar-refractivity contribution in [3.8, 4) is 0 Å². The molecule has 0 aromatic carbocycles. The molecule has 0 radical (unpaired) electrons. The average molecular weight is 446 g/mol. The molecular weight excluding hydrogens is 414 g/mol. The Morgan fingerprint density at radius 2 is 1.14 bits per heavy atom. The second kappa shape index (κ2) is 22.0. The summed E-state index contributed by atoms with van der Waals surface area (Å²) in [5.74, 6) is -4.16. The van der Waals surface area contributed by atoms with Crippen molar-refractivity contribution in [3.63, 3.8) is 0 Å². The Kier molecular flexibility index (Phi) is 28.1. The molecule has 0 fully saturated rings. The summed E-state index contributed by atoms with van der Waals surface area (Å²) in [6, 6.07) is 0. The van der Waals surface area contributed by atoms with Crippen molar-refractivity contribution < 1.29 is 42.7 Å². The quantitative estimate of drug-likeness (QED) is 0.176. The topological polar surface area (TPSA) is 166 Å². The summed E-state index contributed by atoms with van der Waals surface area (Å²) >= 11 is 0. The van der Waals surface area contributed by atoms with E-state index in [0.717, 1.165) is 12.8 Å². The van der Waals surface area contributed by atoms with Crippen molar-refractivity contribution in [2.75, 3.05) is 0 Å². The summed E-state index contributed by atoms with van der Waals surface area (Å²) in [4.78, 5) is 30.2. The van der Waals surface area contributed by atoms with Gasteiger partial charge in [0.05, 0.1) is 6.42 Å². The number of carboxylic acid groups (broad SMARTS) is 3. The fraction of sp³-hybridized carbons (Fsp3) is 0.812. The summed E-state index contributed by atoms with van der Waals surface area (Å²) in [5, 5.41) is 22.3. The molecule has 0 aromatic heterocycles. The molecule has 0 heterocycles. The maximum absolute atomic E-state index is 10.2. The van der Waals surface area contributed by atoms with Gasteiger partial charge in [0.1, 0.15) is 0 Å². The van der Waals surface area contributed by atoms with Gasteiger partial charge in [0.25, 0.3) is 10.1 Å². The minimum absolute atomic E-state index is 0. The fourth-order valence-electron chi connectivity index (χ4n) is 2.07. The molecule has 0 aliphatic heterocycles. The van der Waals surface area contributed by atoms with Crippen LogP contribution in [0.5, 0.6) is 0 Å². The third-order valence-corrected chi connectivity index (χ3v) is 4.58. The second-order valence-corrected chi connectivity index (χ2v) is 7.51. The number of hydrogen-bond donors (Lipinski definition) is 4. The Hall–Kier alpha value is 0.320. The molecule has 0 saturated carbocycles. The summed E-state index contributed by atoms with van der Waals surface area (Å²) in [6.07, 6.45) is 10.3. The SMILES string of the molecule is CCCCCCCCCCCC(=O)O.O=C(O)CC(C(=O)O)S(=O)(=O)O.[NaH].[NaH]. The molecule has 158 valence electrons. The summed E-state index contributed by atoms with van der Waals surface area (Å²) < 4.78 is 28.7. The van der Waals surface area contributed by atoms with Crippen molar-refractivity contribution >= 4 is 87.1 Å². The summed E-state index contributed by atoms with van der Waals surface area (Å²) in [7, 11) is -4.84. The fourth-order valence-corrected chi connectivity index (χ4v) is 2.67. The molecule has 4 N–H and O–H groups in total. The van der Waals surface area contributed by atoms with Crippen molar-refractivity contribution in [1.29, 1.82) is 0 Å². The summed E-state index contributed by atoms with van der Waals surface area (Å²) in [6.45, 7) is 2.23. The Morgan fingerprint density at radius 3 is 1.39 bits per heavy atom. The van der Waals surface area contributed by atoms with E-state index >= 15 is 0 Å². The Labute approximate surface area is 211 Å². The molecule has 0 rings (SSSR count). The Morgan fingerprint density at radius 1 is 0.750 bits per heavy atom. The monoisotopic (exact) mass is 446 g/mol. The molecule has 28 heavy (non-hydrogen) atoms. The zero-order valence-corrected chi connectivity index (χ0v) is 15.9. The van der Waals surface area contributed by atoms with Crippen LogP contribution in [0.4, 0.5) is 0 Å². The molecule has 0 amide bonds. The zero-order chi connectivity index (χ0) is 20.6. The van der Waals surface area contributed by atoms with Gasteiger partial charge in [0.2, 0.25) is 0 Å². The van der Waals surface area contributed by atoms with Crippen LogP contribution in [0.2, 0.25) is 0 Å². The van der Waals surface area contributed by atoms with Gasteiger partial charge in [-0.3, -0.25) is 18.9 Å². The molecule has 0 spiro atoms. The van der Waals surface area contributed by atoms with E-state index in [2.05, 4.69) is 6.92 Å². The predicted molar refractivity (Wildman–Crippen MR) is 109 cm³/mol. The first-order valence-corrected chi connectivity index (χ1v) is 10.1. The minimum atomic E-state index is -4.84. The van der Waals surface area contributed by atoms with E-state index in [1.807, 2.05) is 0 Å². The van der Waals surface area contributed by atoms with Gasteiger partial charge < -0.3 is 15.3 Å². The van der Waals surface area contributed by atoms with Gasteiger partial charge in [-0.1, -0.05) is 58.3 Å². The molecule has 1 unspecified atom stereocenters. The van der Waals surface area contributed by atoms with E-state index in [4.69, 9.17) is 19.9 Å². The molecular formula is C16H32Na2O9S.